The zero-order chi connectivity index (χ0) is 17.8. The highest BCUT2D eigenvalue weighted by Gasteiger charge is 2.82. The molecule has 1 aromatic carbocycles. The third-order valence-corrected chi connectivity index (χ3v) is 7.99. The van der Waals surface area contributed by atoms with Crippen molar-refractivity contribution in [1.82, 2.24) is 4.90 Å². The fourth-order valence-electron chi connectivity index (χ4n) is 7.41. The Labute approximate surface area is 152 Å². The van der Waals surface area contributed by atoms with Gasteiger partial charge in [0.2, 0.25) is 0 Å². The Kier molecular flexibility index (Phi) is 2.61. The molecule has 6 nitrogen and oxygen atoms in total. The van der Waals surface area contributed by atoms with Crippen LogP contribution >= 0.6 is 0 Å². The van der Waals surface area contributed by atoms with Gasteiger partial charge in [0.25, 0.3) is 5.91 Å². The Balaban J connectivity index is 1.69. The first-order chi connectivity index (χ1) is 12.6. The smallest absolute Gasteiger partial charge is 0.264 e. The lowest BCUT2D eigenvalue weighted by molar-refractivity contribution is -0.158. The first kappa shape index (κ1) is 15.2. The minimum absolute atomic E-state index is 0.0463. The molecule has 2 aliphatic carbocycles. The van der Waals surface area contributed by atoms with Crippen LogP contribution in [0.2, 0.25) is 0 Å². The van der Waals surface area contributed by atoms with Gasteiger partial charge in [-0.2, -0.15) is 10.3 Å². The van der Waals surface area contributed by atoms with Gasteiger partial charge in [0.05, 0.1) is 37.0 Å². The van der Waals surface area contributed by atoms with Crippen molar-refractivity contribution in [2.45, 2.75) is 24.0 Å². The average molecular weight is 351 g/mol. The first-order valence-corrected chi connectivity index (χ1v) is 9.32. The zero-order valence-electron chi connectivity index (χ0n) is 14.9. The van der Waals surface area contributed by atoms with E-state index in [1.165, 1.54) is 12.2 Å². The maximum absolute atomic E-state index is 13.8. The van der Waals surface area contributed by atoms with Crippen molar-refractivity contribution in [3.8, 4) is 6.07 Å². The molecule has 5 aliphatic rings. The highest BCUT2D eigenvalue weighted by molar-refractivity contribution is 6.08. The molecule has 3 aliphatic heterocycles. The summed E-state index contributed by atoms with van der Waals surface area (Å²) in [6.07, 6.45) is 0.608. The van der Waals surface area contributed by atoms with Crippen LogP contribution in [0.1, 0.15) is 12.0 Å². The van der Waals surface area contributed by atoms with Crippen LogP contribution < -0.4 is 5.06 Å². The van der Waals surface area contributed by atoms with E-state index in [9.17, 15) is 10.1 Å². The summed E-state index contributed by atoms with van der Waals surface area (Å²) >= 11 is 0. The predicted octanol–water partition coefficient (Wildman–Crippen LogP) is 1.32. The minimum atomic E-state index is -0.820. The summed E-state index contributed by atoms with van der Waals surface area (Å²) in [4.78, 5) is 21.6. The number of nitriles is 1. The van der Waals surface area contributed by atoms with E-state index in [0.717, 1.165) is 24.2 Å². The van der Waals surface area contributed by atoms with Gasteiger partial charge in [0.15, 0.2) is 0 Å². The van der Waals surface area contributed by atoms with Crippen molar-refractivity contribution in [2.75, 3.05) is 32.4 Å². The molecular weight excluding hydrogens is 330 g/mol. The molecule has 7 unspecified atom stereocenters. The molecule has 6 rings (SSSR count). The topological polar surface area (TPSA) is 65.8 Å². The molecule has 5 bridgehead atoms. The molecule has 1 aromatic rings. The fourth-order valence-corrected chi connectivity index (χ4v) is 7.41. The van der Waals surface area contributed by atoms with E-state index < -0.39 is 10.8 Å². The second-order valence-electron chi connectivity index (χ2n) is 8.53. The quantitative estimate of drug-likeness (QED) is 0.763. The summed E-state index contributed by atoms with van der Waals surface area (Å²) in [6, 6.07) is 10.8. The highest BCUT2D eigenvalue weighted by Crippen LogP contribution is 2.73. The van der Waals surface area contributed by atoms with Crippen LogP contribution in [0, 0.1) is 34.5 Å². The van der Waals surface area contributed by atoms with Gasteiger partial charge in [-0.05, 0) is 31.0 Å². The first-order valence-electron chi connectivity index (χ1n) is 9.32. The van der Waals surface area contributed by atoms with E-state index in [1.54, 1.807) is 0 Å². The normalized spacial score (nSPS) is 47.7. The third kappa shape index (κ3) is 1.26. The maximum Gasteiger partial charge on any atom is 0.264 e. The second kappa shape index (κ2) is 4.48. The lowest BCUT2D eigenvalue weighted by atomic mass is 9.52. The Morgan fingerprint density at radius 2 is 2.19 bits per heavy atom. The summed E-state index contributed by atoms with van der Waals surface area (Å²) in [5, 5.41) is 11.7. The zero-order valence-corrected chi connectivity index (χ0v) is 14.9. The molecule has 0 aromatic heterocycles. The van der Waals surface area contributed by atoms with Gasteiger partial charge in [-0.1, -0.05) is 18.2 Å². The van der Waals surface area contributed by atoms with Gasteiger partial charge < -0.3 is 9.64 Å². The number of likely N-dealkylation sites (tertiary alicyclic amines) is 1. The van der Waals surface area contributed by atoms with Crippen LogP contribution in [-0.4, -0.2) is 50.3 Å². The number of fused-ring (bicyclic) bond motifs is 5. The molecule has 3 heterocycles. The third-order valence-electron chi connectivity index (χ3n) is 7.99. The van der Waals surface area contributed by atoms with Crippen molar-refractivity contribution in [1.29, 1.82) is 5.26 Å². The summed E-state index contributed by atoms with van der Waals surface area (Å²) in [7, 11) is 3.63. The number of carbonyl (C=O) groups is 1. The Morgan fingerprint density at radius 1 is 1.38 bits per heavy atom. The van der Waals surface area contributed by atoms with E-state index >= 15 is 0 Å². The van der Waals surface area contributed by atoms with E-state index in [4.69, 9.17) is 9.57 Å². The van der Waals surface area contributed by atoms with Crippen LogP contribution in [0.5, 0.6) is 0 Å². The number of para-hydroxylation sites is 1. The second-order valence-corrected chi connectivity index (χ2v) is 8.53. The number of nitrogens with zero attached hydrogens (tertiary/aromatic N) is 3. The summed E-state index contributed by atoms with van der Waals surface area (Å²) in [5.74, 6) is 0.567. The molecule has 134 valence electrons. The molecule has 4 fully saturated rings. The number of amides is 1. The molecule has 2 saturated heterocycles. The molecule has 26 heavy (non-hydrogen) atoms. The monoisotopic (exact) mass is 351 g/mol. The van der Waals surface area contributed by atoms with Crippen LogP contribution in [0.4, 0.5) is 5.69 Å². The largest absolute Gasteiger partial charge is 0.376 e. The molecular formula is C20H21N3O3. The van der Waals surface area contributed by atoms with Crippen molar-refractivity contribution >= 4 is 11.6 Å². The van der Waals surface area contributed by atoms with Crippen LogP contribution in [0.25, 0.3) is 0 Å². The molecule has 7 atom stereocenters. The SMILES string of the molecule is CON1C(=O)C2(c3ccccc31)C1CC3C(CO1)C1C2C3(C#N)CN1C. The molecule has 2 saturated carbocycles. The van der Waals surface area contributed by atoms with Crippen molar-refractivity contribution in [2.24, 2.45) is 23.2 Å². The lowest BCUT2D eigenvalue weighted by Gasteiger charge is -2.52. The van der Waals surface area contributed by atoms with Gasteiger partial charge in [-0.15, -0.1) is 0 Å². The number of hydroxylamine groups is 1. The molecule has 0 radical (unpaired) electrons. The fraction of sp³-hybridized carbons (Fsp3) is 0.600. The number of hydrogen-bond acceptors (Lipinski definition) is 5. The van der Waals surface area contributed by atoms with Crippen LogP contribution in [-0.2, 0) is 19.8 Å². The van der Waals surface area contributed by atoms with Crippen LogP contribution in [0.3, 0.4) is 0 Å². The molecule has 6 heteroatoms. The van der Waals surface area contributed by atoms with E-state index in [0.29, 0.717) is 18.4 Å². The van der Waals surface area contributed by atoms with Gasteiger partial charge in [0.1, 0.15) is 5.41 Å². The van der Waals surface area contributed by atoms with Gasteiger partial charge in [0, 0.05) is 24.4 Å². The van der Waals surface area contributed by atoms with E-state index in [1.807, 2.05) is 24.3 Å². The number of anilines is 1. The van der Waals surface area contributed by atoms with Crippen LogP contribution in [0.15, 0.2) is 24.3 Å². The summed E-state index contributed by atoms with van der Waals surface area (Å²) < 4.78 is 6.31. The van der Waals surface area contributed by atoms with Crippen molar-refractivity contribution in [3.05, 3.63) is 29.8 Å². The highest BCUT2D eigenvalue weighted by atomic mass is 16.7. The average Bonchev–Trinajstić information content (AvgIpc) is 3.13. The van der Waals surface area contributed by atoms with E-state index in [-0.39, 0.29) is 24.0 Å². The molecule has 1 amide bonds. The number of carbonyl (C=O) groups excluding carboxylic acids is 1. The number of piperidine rings is 1. The van der Waals surface area contributed by atoms with E-state index in [2.05, 4.69) is 18.0 Å². The molecule has 1 spiro atoms. The summed E-state index contributed by atoms with van der Waals surface area (Å²) in [6.45, 7) is 1.39. The number of benzene rings is 1. The Morgan fingerprint density at radius 3 is 2.96 bits per heavy atom. The lowest BCUT2D eigenvalue weighted by Crippen LogP contribution is -2.63. The van der Waals surface area contributed by atoms with Crippen molar-refractivity contribution < 1.29 is 14.4 Å². The van der Waals surface area contributed by atoms with Gasteiger partial charge >= 0.3 is 0 Å². The molecule has 0 N–H and O–H groups in total. The number of ether oxygens (including phenoxy) is 1. The number of hydrogen-bond donors (Lipinski definition) is 0. The van der Waals surface area contributed by atoms with Gasteiger partial charge in [-0.3, -0.25) is 9.63 Å². The van der Waals surface area contributed by atoms with Gasteiger partial charge in [-0.25, -0.2) is 0 Å². The Hall–Kier alpha value is -1.94. The maximum atomic E-state index is 13.8. The van der Waals surface area contributed by atoms with Crippen molar-refractivity contribution in [3.63, 3.8) is 0 Å². The summed E-state index contributed by atoms with van der Waals surface area (Å²) in [5.41, 5.74) is 0.478. The Bertz CT molecular complexity index is 881. The minimum Gasteiger partial charge on any atom is -0.376 e. The number of rotatable bonds is 1. The standard InChI is InChI=1S/C20H21N3O3/c1-22-10-19(9-21)13-7-15-20(17(19)16(22)11(13)8-26-15)12-5-3-4-6-14(12)23(25-2)18(20)24/h3-6,11,13,15-17H,7-8,10H2,1-2H3. The predicted molar refractivity (Wildman–Crippen MR) is 91.9 cm³/mol.